The van der Waals surface area contributed by atoms with Gasteiger partial charge in [-0.05, 0) is 31.2 Å². The van der Waals surface area contributed by atoms with Gasteiger partial charge in [-0.25, -0.2) is 0 Å². The average molecular weight is 259 g/mol. The molecule has 4 heteroatoms. The lowest BCUT2D eigenvalue weighted by atomic mass is 10.1. The van der Waals surface area contributed by atoms with Crippen LogP contribution in [0.15, 0.2) is 18.2 Å². The van der Waals surface area contributed by atoms with E-state index in [0.717, 1.165) is 49.7 Å². The third-order valence-corrected chi connectivity index (χ3v) is 3.44. The standard InChI is InChI=1S/C15H21N3O/c1-3-17-10-13-4-5-15(14(8-13)9-16)18-6-7-19-11-12(18)2/h4-5,8,12,17H,3,6-7,10-11H2,1-2H3. The number of ether oxygens (including phenoxy) is 1. The van der Waals surface area contributed by atoms with Gasteiger partial charge in [0.1, 0.15) is 6.07 Å². The zero-order valence-corrected chi connectivity index (χ0v) is 11.6. The van der Waals surface area contributed by atoms with E-state index in [9.17, 15) is 5.26 Å². The molecule has 0 saturated carbocycles. The van der Waals surface area contributed by atoms with Crippen molar-refractivity contribution in [2.24, 2.45) is 0 Å². The first-order valence-electron chi connectivity index (χ1n) is 6.84. The van der Waals surface area contributed by atoms with Crippen molar-refractivity contribution in [3.05, 3.63) is 29.3 Å². The van der Waals surface area contributed by atoms with Gasteiger partial charge < -0.3 is 15.0 Å². The molecule has 0 aliphatic carbocycles. The summed E-state index contributed by atoms with van der Waals surface area (Å²) >= 11 is 0. The molecule has 19 heavy (non-hydrogen) atoms. The maximum absolute atomic E-state index is 9.36. The molecule has 0 amide bonds. The number of benzene rings is 1. The number of nitrogens with zero attached hydrogens (tertiary/aromatic N) is 2. The molecule has 102 valence electrons. The van der Waals surface area contributed by atoms with Gasteiger partial charge in [0.2, 0.25) is 0 Å². The number of nitrogens with one attached hydrogen (secondary N) is 1. The highest BCUT2D eigenvalue weighted by molar-refractivity contribution is 5.61. The smallest absolute Gasteiger partial charge is 0.101 e. The fraction of sp³-hybridized carbons (Fsp3) is 0.533. The molecular weight excluding hydrogens is 238 g/mol. The number of rotatable bonds is 4. The third kappa shape index (κ3) is 3.25. The van der Waals surface area contributed by atoms with Crippen molar-refractivity contribution in [1.29, 1.82) is 5.26 Å². The van der Waals surface area contributed by atoms with Gasteiger partial charge in [0.15, 0.2) is 0 Å². The van der Waals surface area contributed by atoms with Crippen LogP contribution in [0.4, 0.5) is 5.69 Å². The molecule has 1 heterocycles. The summed E-state index contributed by atoms with van der Waals surface area (Å²) in [6, 6.07) is 8.79. The van der Waals surface area contributed by atoms with E-state index in [-0.39, 0.29) is 0 Å². The predicted octanol–water partition coefficient (Wildman–Crippen LogP) is 1.89. The van der Waals surface area contributed by atoms with Crippen LogP contribution in [0.5, 0.6) is 0 Å². The molecule has 1 atom stereocenters. The van der Waals surface area contributed by atoms with Crippen molar-refractivity contribution in [2.45, 2.75) is 26.4 Å². The molecule has 2 rings (SSSR count). The first-order chi connectivity index (χ1) is 9.26. The summed E-state index contributed by atoms with van der Waals surface area (Å²) < 4.78 is 5.45. The highest BCUT2D eigenvalue weighted by Gasteiger charge is 2.21. The van der Waals surface area contributed by atoms with Crippen LogP contribution in [0.3, 0.4) is 0 Å². The minimum absolute atomic E-state index is 0.320. The first-order valence-corrected chi connectivity index (χ1v) is 6.84. The number of hydrogen-bond donors (Lipinski definition) is 1. The molecule has 0 bridgehead atoms. The van der Waals surface area contributed by atoms with Gasteiger partial charge in [0, 0.05) is 19.1 Å². The van der Waals surface area contributed by atoms with Crippen LogP contribution in [-0.4, -0.2) is 32.3 Å². The molecule has 1 aliphatic heterocycles. The Hall–Kier alpha value is -1.57. The average Bonchev–Trinajstić information content (AvgIpc) is 2.45. The van der Waals surface area contributed by atoms with Gasteiger partial charge in [0.05, 0.1) is 24.5 Å². The summed E-state index contributed by atoms with van der Waals surface area (Å²) in [4.78, 5) is 2.26. The van der Waals surface area contributed by atoms with Crippen LogP contribution in [0.2, 0.25) is 0 Å². The van der Waals surface area contributed by atoms with Gasteiger partial charge in [-0.2, -0.15) is 5.26 Å². The highest BCUT2D eigenvalue weighted by Crippen LogP contribution is 2.25. The number of hydrogen-bond acceptors (Lipinski definition) is 4. The summed E-state index contributed by atoms with van der Waals surface area (Å²) in [6.07, 6.45) is 0. The Bertz CT molecular complexity index is 467. The van der Waals surface area contributed by atoms with Crippen molar-refractivity contribution in [3.8, 4) is 6.07 Å². The summed E-state index contributed by atoms with van der Waals surface area (Å²) in [5.41, 5.74) is 2.94. The lowest BCUT2D eigenvalue weighted by Gasteiger charge is -2.35. The Kier molecular flexibility index (Phi) is 4.78. The molecule has 1 aromatic carbocycles. The summed E-state index contributed by atoms with van der Waals surface area (Å²) in [5.74, 6) is 0. The van der Waals surface area contributed by atoms with Gasteiger partial charge in [-0.15, -0.1) is 0 Å². The fourth-order valence-electron chi connectivity index (χ4n) is 2.39. The predicted molar refractivity (Wildman–Crippen MR) is 76.2 cm³/mol. The lowest BCUT2D eigenvalue weighted by Crippen LogP contribution is -2.44. The van der Waals surface area contributed by atoms with E-state index < -0.39 is 0 Å². The van der Waals surface area contributed by atoms with Crippen LogP contribution in [0.1, 0.15) is 25.0 Å². The molecule has 0 radical (unpaired) electrons. The normalized spacial score (nSPS) is 19.2. The zero-order chi connectivity index (χ0) is 13.7. The zero-order valence-electron chi connectivity index (χ0n) is 11.6. The molecule has 0 aromatic heterocycles. The molecule has 1 aromatic rings. The van der Waals surface area contributed by atoms with Crippen molar-refractivity contribution in [3.63, 3.8) is 0 Å². The fourth-order valence-corrected chi connectivity index (χ4v) is 2.39. The molecule has 1 unspecified atom stereocenters. The van der Waals surface area contributed by atoms with E-state index >= 15 is 0 Å². The van der Waals surface area contributed by atoms with Gasteiger partial charge in [0.25, 0.3) is 0 Å². The van der Waals surface area contributed by atoms with Crippen molar-refractivity contribution in [1.82, 2.24) is 5.32 Å². The SMILES string of the molecule is CCNCc1ccc(N2CCOCC2C)c(C#N)c1. The van der Waals surface area contributed by atoms with Gasteiger partial charge >= 0.3 is 0 Å². The molecule has 4 nitrogen and oxygen atoms in total. The lowest BCUT2D eigenvalue weighted by molar-refractivity contribution is 0.0989. The number of anilines is 1. The van der Waals surface area contributed by atoms with Crippen LogP contribution in [0.25, 0.3) is 0 Å². The maximum atomic E-state index is 9.36. The quantitative estimate of drug-likeness (QED) is 0.897. The van der Waals surface area contributed by atoms with Gasteiger partial charge in [-0.3, -0.25) is 0 Å². The Morgan fingerprint density at radius 2 is 2.37 bits per heavy atom. The highest BCUT2D eigenvalue weighted by atomic mass is 16.5. The maximum Gasteiger partial charge on any atom is 0.101 e. The molecule has 1 aliphatic rings. The largest absolute Gasteiger partial charge is 0.377 e. The Morgan fingerprint density at radius 1 is 1.53 bits per heavy atom. The van der Waals surface area contributed by atoms with Crippen molar-refractivity contribution < 1.29 is 4.74 Å². The van der Waals surface area contributed by atoms with E-state index in [0.29, 0.717) is 6.04 Å². The summed E-state index contributed by atoms with van der Waals surface area (Å²) in [7, 11) is 0. The van der Waals surface area contributed by atoms with Crippen LogP contribution in [-0.2, 0) is 11.3 Å². The van der Waals surface area contributed by atoms with E-state index in [2.05, 4.69) is 42.3 Å². The van der Waals surface area contributed by atoms with E-state index in [4.69, 9.17) is 4.74 Å². The monoisotopic (exact) mass is 259 g/mol. The Labute approximate surface area is 115 Å². The van der Waals surface area contributed by atoms with E-state index in [1.807, 2.05) is 6.07 Å². The second-order valence-corrected chi connectivity index (χ2v) is 4.86. The molecule has 1 saturated heterocycles. The third-order valence-electron chi connectivity index (χ3n) is 3.44. The van der Waals surface area contributed by atoms with Gasteiger partial charge in [-0.1, -0.05) is 13.0 Å². The summed E-state index contributed by atoms with van der Waals surface area (Å²) in [6.45, 7) is 8.26. The van der Waals surface area contributed by atoms with Crippen LogP contribution >= 0.6 is 0 Å². The second kappa shape index (κ2) is 6.55. The molecule has 1 N–H and O–H groups in total. The molecule has 1 fully saturated rings. The summed E-state index contributed by atoms with van der Waals surface area (Å²) in [5, 5.41) is 12.6. The Balaban J connectivity index is 2.23. The van der Waals surface area contributed by atoms with Crippen LogP contribution < -0.4 is 10.2 Å². The molecule has 0 spiro atoms. The van der Waals surface area contributed by atoms with Crippen LogP contribution in [0, 0.1) is 11.3 Å². The number of nitriles is 1. The number of morpholine rings is 1. The first kappa shape index (κ1) is 13.9. The van der Waals surface area contributed by atoms with Crippen molar-refractivity contribution >= 4 is 5.69 Å². The minimum atomic E-state index is 0.320. The second-order valence-electron chi connectivity index (χ2n) is 4.86. The Morgan fingerprint density at radius 3 is 3.05 bits per heavy atom. The topological polar surface area (TPSA) is 48.3 Å². The van der Waals surface area contributed by atoms with E-state index in [1.165, 1.54) is 0 Å². The molecular formula is C15H21N3O. The van der Waals surface area contributed by atoms with Crippen molar-refractivity contribution in [2.75, 3.05) is 31.2 Å². The van der Waals surface area contributed by atoms with E-state index in [1.54, 1.807) is 0 Å². The minimum Gasteiger partial charge on any atom is -0.377 e.